The van der Waals surface area contributed by atoms with E-state index in [0.29, 0.717) is 47.1 Å². The normalized spacial score (nSPS) is 18.4. The molecule has 1 aromatic rings. The molecule has 1 aliphatic heterocycles. The lowest BCUT2D eigenvalue weighted by Gasteiger charge is -2.34. The summed E-state index contributed by atoms with van der Waals surface area (Å²) >= 11 is 0. The van der Waals surface area contributed by atoms with Gasteiger partial charge >= 0.3 is 5.97 Å². The highest BCUT2D eigenvalue weighted by atomic mass is 16.5. The van der Waals surface area contributed by atoms with Crippen molar-refractivity contribution in [2.45, 2.75) is 51.9 Å². The molecule has 1 aromatic carbocycles. The van der Waals surface area contributed by atoms with Crippen molar-refractivity contribution < 1.29 is 28.5 Å². The zero-order valence-electron chi connectivity index (χ0n) is 18.9. The van der Waals surface area contributed by atoms with Gasteiger partial charge < -0.3 is 24.3 Å². The highest BCUT2D eigenvalue weighted by Gasteiger charge is 2.39. The van der Waals surface area contributed by atoms with Crippen LogP contribution in [0.5, 0.6) is 17.2 Å². The maximum Gasteiger partial charge on any atom is 0.336 e. The Bertz CT molecular complexity index is 905. The van der Waals surface area contributed by atoms with Gasteiger partial charge in [0.05, 0.1) is 33.5 Å². The molecule has 2 aliphatic rings. The van der Waals surface area contributed by atoms with E-state index in [2.05, 4.69) is 5.32 Å². The third kappa shape index (κ3) is 4.40. The number of carbonyl (C=O) groups is 2. The van der Waals surface area contributed by atoms with E-state index in [1.807, 2.05) is 13.8 Å². The van der Waals surface area contributed by atoms with Gasteiger partial charge in [0.25, 0.3) is 0 Å². The van der Waals surface area contributed by atoms with Crippen LogP contribution in [-0.4, -0.2) is 39.7 Å². The summed E-state index contributed by atoms with van der Waals surface area (Å²) in [7, 11) is 4.62. The Labute approximate surface area is 183 Å². The molecule has 0 fully saturated rings. The Kier molecular flexibility index (Phi) is 7.25. The van der Waals surface area contributed by atoms with E-state index in [1.165, 1.54) is 7.11 Å². The van der Waals surface area contributed by atoms with Gasteiger partial charge in [-0.25, -0.2) is 4.79 Å². The van der Waals surface area contributed by atoms with E-state index < -0.39 is 11.9 Å². The van der Waals surface area contributed by atoms with Gasteiger partial charge in [-0.1, -0.05) is 13.3 Å². The van der Waals surface area contributed by atoms with Gasteiger partial charge in [-0.15, -0.1) is 0 Å². The lowest BCUT2D eigenvalue weighted by molar-refractivity contribution is -0.139. The SMILES string of the molecule is CCCCOC(=O)C1=C(C)NC2=C(C(=O)CCC2)[C@H]1c1cc(OC)c(OC)c(OC)c1. The van der Waals surface area contributed by atoms with Gasteiger partial charge in [-0.05, 0) is 43.9 Å². The number of methoxy groups -OCH3 is 3. The van der Waals surface area contributed by atoms with Gasteiger partial charge in [0, 0.05) is 29.3 Å². The molecule has 0 unspecified atom stereocenters. The van der Waals surface area contributed by atoms with Gasteiger partial charge in [0.2, 0.25) is 5.75 Å². The number of hydrogen-bond acceptors (Lipinski definition) is 7. The molecule has 1 N–H and O–H groups in total. The van der Waals surface area contributed by atoms with E-state index in [1.54, 1.807) is 26.4 Å². The van der Waals surface area contributed by atoms with Crippen LogP contribution < -0.4 is 19.5 Å². The molecule has 0 saturated heterocycles. The minimum absolute atomic E-state index is 0.0406. The summed E-state index contributed by atoms with van der Waals surface area (Å²) in [5.41, 5.74) is 3.36. The molecule has 0 radical (unpaired) electrons. The van der Waals surface area contributed by atoms with Gasteiger partial charge in [0.15, 0.2) is 17.3 Å². The highest BCUT2D eigenvalue weighted by molar-refractivity contribution is 6.03. The van der Waals surface area contributed by atoms with Crippen molar-refractivity contribution in [3.05, 3.63) is 40.2 Å². The molecule has 0 aromatic heterocycles. The summed E-state index contributed by atoms with van der Waals surface area (Å²) in [6.45, 7) is 4.23. The van der Waals surface area contributed by atoms with E-state index in [0.717, 1.165) is 36.9 Å². The van der Waals surface area contributed by atoms with Gasteiger partial charge in [-0.2, -0.15) is 0 Å². The number of unbranched alkanes of at least 4 members (excludes halogenated alkanes) is 1. The fourth-order valence-corrected chi connectivity index (χ4v) is 4.24. The Morgan fingerprint density at radius 3 is 2.35 bits per heavy atom. The molecule has 0 amide bonds. The van der Waals surface area contributed by atoms with Crippen LogP contribution in [0.25, 0.3) is 0 Å². The third-order valence-electron chi connectivity index (χ3n) is 5.75. The molecule has 0 spiro atoms. The van der Waals surface area contributed by atoms with Crippen LogP contribution in [0.1, 0.15) is 57.4 Å². The monoisotopic (exact) mass is 429 g/mol. The second kappa shape index (κ2) is 9.90. The summed E-state index contributed by atoms with van der Waals surface area (Å²) in [4.78, 5) is 26.2. The number of hydrogen-bond donors (Lipinski definition) is 1. The lowest BCUT2D eigenvalue weighted by Crippen LogP contribution is -2.34. The quantitative estimate of drug-likeness (QED) is 0.493. The smallest absolute Gasteiger partial charge is 0.336 e. The van der Waals surface area contributed by atoms with Crippen LogP contribution in [0.15, 0.2) is 34.7 Å². The molecule has 1 aliphatic carbocycles. The van der Waals surface area contributed by atoms with Crippen molar-refractivity contribution in [3.63, 3.8) is 0 Å². The molecule has 1 heterocycles. The van der Waals surface area contributed by atoms with Crippen molar-refractivity contribution in [2.24, 2.45) is 0 Å². The second-order valence-electron chi connectivity index (χ2n) is 7.71. The van der Waals surface area contributed by atoms with Gasteiger partial charge in [0.1, 0.15) is 0 Å². The van der Waals surface area contributed by atoms with Crippen LogP contribution in [0.3, 0.4) is 0 Å². The minimum atomic E-state index is -0.563. The standard InChI is InChI=1S/C24H31NO6/c1-6-7-11-31-24(27)20-14(2)25-16-9-8-10-17(26)22(16)21(20)15-12-18(28-3)23(30-5)19(13-15)29-4/h12-13,21,25H,6-11H2,1-5H3/t21-/m0/s1. The molecule has 7 heteroatoms. The Morgan fingerprint density at radius 1 is 1.10 bits per heavy atom. The van der Waals surface area contributed by atoms with Crippen LogP contribution in [-0.2, 0) is 14.3 Å². The van der Waals surface area contributed by atoms with Crippen molar-refractivity contribution in [1.29, 1.82) is 0 Å². The first-order valence-corrected chi connectivity index (χ1v) is 10.7. The van der Waals surface area contributed by atoms with Crippen LogP contribution in [0.2, 0.25) is 0 Å². The molecule has 0 saturated carbocycles. The average molecular weight is 430 g/mol. The van der Waals surface area contributed by atoms with Crippen LogP contribution in [0.4, 0.5) is 0 Å². The number of allylic oxidation sites excluding steroid dienone is 3. The number of esters is 1. The fraction of sp³-hybridized carbons (Fsp3) is 0.500. The molecular weight excluding hydrogens is 398 g/mol. The summed E-state index contributed by atoms with van der Waals surface area (Å²) in [5.74, 6) is 0.460. The Balaban J connectivity index is 2.17. The number of carbonyl (C=O) groups excluding carboxylic acids is 2. The summed E-state index contributed by atoms with van der Waals surface area (Å²) < 4.78 is 22.0. The first-order chi connectivity index (χ1) is 15.0. The predicted molar refractivity (Wildman–Crippen MR) is 116 cm³/mol. The summed E-state index contributed by atoms with van der Waals surface area (Å²) in [6.07, 6.45) is 3.72. The molecule has 1 atom stereocenters. The van der Waals surface area contributed by atoms with E-state index in [9.17, 15) is 9.59 Å². The first-order valence-electron chi connectivity index (χ1n) is 10.7. The number of dihydropyridines is 1. The number of rotatable bonds is 8. The van der Waals surface area contributed by atoms with Crippen molar-refractivity contribution in [2.75, 3.05) is 27.9 Å². The molecule has 3 rings (SSSR count). The molecule has 168 valence electrons. The average Bonchev–Trinajstić information content (AvgIpc) is 2.77. The molecule has 31 heavy (non-hydrogen) atoms. The lowest BCUT2D eigenvalue weighted by atomic mass is 9.75. The maximum absolute atomic E-state index is 13.1. The van der Waals surface area contributed by atoms with Crippen LogP contribution >= 0.6 is 0 Å². The second-order valence-corrected chi connectivity index (χ2v) is 7.71. The first kappa shape index (κ1) is 22.7. The van der Waals surface area contributed by atoms with Crippen molar-refractivity contribution >= 4 is 11.8 Å². The van der Waals surface area contributed by atoms with E-state index >= 15 is 0 Å². The molecule has 7 nitrogen and oxygen atoms in total. The highest BCUT2D eigenvalue weighted by Crippen LogP contribution is 2.47. The van der Waals surface area contributed by atoms with E-state index in [4.69, 9.17) is 18.9 Å². The minimum Gasteiger partial charge on any atom is -0.493 e. The van der Waals surface area contributed by atoms with E-state index in [-0.39, 0.29) is 5.78 Å². The number of benzene rings is 1. The summed E-state index contributed by atoms with van der Waals surface area (Å²) in [6, 6.07) is 3.60. The molecule has 0 bridgehead atoms. The fourth-order valence-electron chi connectivity index (χ4n) is 4.24. The van der Waals surface area contributed by atoms with Crippen LogP contribution in [0, 0.1) is 0 Å². The number of nitrogens with one attached hydrogen (secondary N) is 1. The maximum atomic E-state index is 13.1. The number of ether oxygens (including phenoxy) is 4. The van der Waals surface area contributed by atoms with Crippen molar-refractivity contribution in [3.8, 4) is 17.2 Å². The summed E-state index contributed by atoms with van der Waals surface area (Å²) in [5, 5.41) is 3.30. The largest absolute Gasteiger partial charge is 0.493 e. The zero-order chi connectivity index (χ0) is 22.5. The third-order valence-corrected chi connectivity index (χ3v) is 5.75. The number of ketones is 1. The Hall–Kier alpha value is -2.96. The zero-order valence-corrected chi connectivity index (χ0v) is 18.9. The molecular formula is C24H31NO6. The number of Topliss-reactive ketones (excluding diaryl/α,β-unsaturated/α-hetero) is 1. The van der Waals surface area contributed by atoms with Gasteiger partial charge in [-0.3, -0.25) is 4.79 Å². The Morgan fingerprint density at radius 2 is 1.77 bits per heavy atom. The topological polar surface area (TPSA) is 83.1 Å². The predicted octanol–water partition coefficient (Wildman–Crippen LogP) is 4.02. The van der Waals surface area contributed by atoms with Crippen molar-refractivity contribution in [1.82, 2.24) is 5.32 Å².